The average Bonchev–Trinajstić information content (AvgIpc) is 2.89. The van der Waals surface area contributed by atoms with Gasteiger partial charge in [-0.2, -0.15) is 0 Å². The summed E-state index contributed by atoms with van der Waals surface area (Å²) >= 11 is 0. The Morgan fingerprint density at radius 3 is 2.26 bits per heavy atom. The van der Waals surface area contributed by atoms with Gasteiger partial charge in [-0.3, -0.25) is 14.4 Å². The highest BCUT2D eigenvalue weighted by Gasteiger charge is 2.34. The van der Waals surface area contributed by atoms with E-state index in [1.165, 1.54) is 0 Å². The molecule has 1 aliphatic rings. The summed E-state index contributed by atoms with van der Waals surface area (Å²) in [5.41, 5.74) is 1.11. The van der Waals surface area contributed by atoms with Crippen LogP contribution in [0.5, 0.6) is 5.75 Å². The first-order valence-corrected chi connectivity index (χ1v) is 11.6. The lowest BCUT2D eigenvalue weighted by molar-refractivity contribution is -0.124. The fourth-order valence-corrected chi connectivity index (χ4v) is 4.10. The third kappa shape index (κ3) is 6.81. The van der Waals surface area contributed by atoms with E-state index in [1.54, 1.807) is 50.6 Å². The molecule has 0 spiro atoms. The minimum absolute atomic E-state index is 0.0121. The van der Waals surface area contributed by atoms with Gasteiger partial charge in [-0.15, -0.1) is 0 Å². The first-order chi connectivity index (χ1) is 16.5. The second kappa shape index (κ2) is 12.7. The number of carbonyl (C=O) groups is 3. The summed E-state index contributed by atoms with van der Waals surface area (Å²) in [7, 11) is 3.18. The molecule has 2 aromatic rings. The third-order valence-corrected chi connectivity index (χ3v) is 6.06. The molecule has 1 aliphatic heterocycles. The molecule has 0 unspecified atom stereocenters. The van der Waals surface area contributed by atoms with Gasteiger partial charge < -0.3 is 25.0 Å². The predicted molar refractivity (Wildman–Crippen MR) is 129 cm³/mol. The molecule has 3 amide bonds. The van der Waals surface area contributed by atoms with E-state index in [1.807, 2.05) is 23.1 Å². The molecule has 0 radical (unpaired) electrons. The van der Waals surface area contributed by atoms with Crippen LogP contribution in [0.25, 0.3) is 0 Å². The quantitative estimate of drug-likeness (QED) is 0.524. The molecule has 182 valence electrons. The van der Waals surface area contributed by atoms with E-state index in [-0.39, 0.29) is 23.6 Å². The summed E-state index contributed by atoms with van der Waals surface area (Å²) in [6.07, 6.45) is 1.93. The smallest absolute Gasteiger partial charge is 0.253 e. The van der Waals surface area contributed by atoms with Gasteiger partial charge >= 0.3 is 0 Å². The van der Waals surface area contributed by atoms with Crippen molar-refractivity contribution in [3.05, 3.63) is 65.7 Å². The lowest BCUT2D eigenvalue weighted by atomic mass is 9.88. The molecule has 0 saturated carbocycles. The molecule has 2 N–H and O–H groups in total. The fourth-order valence-electron chi connectivity index (χ4n) is 4.10. The van der Waals surface area contributed by atoms with Gasteiger partial charge in [0.2, 0.25) is 5.91 Å². The maximum absolute atomic E-state index is 13.0. The van der Waals surface area contributed by atoms with Crippen LogP contribution in [-0.4, -0.2) is 69.1 Å². The van der Waals surface area contributed by atoms with Gasteiger partial charge in [-0.25, -0.2) is 0 Å². The Balaban J connectivity index is 1.66. The molecule has 1 fully saturated rings. The number of ether oxygens (including phenoxy) is 2. The Morgan fingerprint density at radius 2 is 1.65 bits per heavy atom. The number of carbonyl (C=O) groups excluding carboxylic acids is 3. The number of hydrogen-bond donors (Lipinski definition) is 2. The highest BCUT2D eigenvalue weighted by atomic mass is 16.5. The SMILES string of the molecule is COCCCNC(=O)[C@@H](NC(=O)c1ccc(OC)cc1)C1CCN(C(=O)c2ccccc2)CC1. The van der Waals surface area contributed by atoms with Crippen LogP contribution in [0.2, 0.25) is 0 Å². The number of benzene rings is 2. The van der Waals surface area contributed by atoms with Crippen LogP contribution in [0, 0.1) is 5.92 Å². The zero-order valence-corrected chi connectivity index (χ0v) is 19.8. The first-order valence-electron chi connectivity index (χ1n) is 11.6. The van der Waals surface area contributed by atoms with Crippen LogP contribution in [0.15, 0.2) is 54.6 Å². The number of nitrogens with one attached hydrogen (secondary N) is 2. The van der Waals surface area contributed by atoms with Gasteiger partial charge in [-0.1, -0.05) is 18.2 Å². The number of amides is 3. The summed E-state index contributed by atoms with van der Waals surface area (Å²) in [4.78, 5) is 40.6. The van der Waals surface area contributed by atoms with Crippen molar-refractivity contribution in [3.63, 3.8) is 0 Å². The molecule has 1 saturated heterocycles. The van der Waals surface area contributed by atoms with E-state index in [4.69, 9.17) is 9.47 Å². The Bertz CT molecular complexity index is 941. The van der Waals surface area contributed by atoms with Crippen LogP contribution < -0.4 is 15.4 Å². The van der Waals surface area contributed by atoms with Gasteiger partial charge in [0.15, 0.2) is 0 Å². The second-order valence-electron chi connectivity index (χ2n) is 8.31. The Kier molecular flexibility index (Phi) is 9.46. The normalized spacial score (nSPS) is 14.8. The number of piperidine rings is 1. The van der Waals surface area contributed by atoms with E-state index >= 15 is 0 Å². The van der Waals surface area contributed by atoms with Crippen molar-refractivity contribution in [1.29, 1.82) is 0 Å². The monoisotopic (exact) mass is 467 g/mol. The lowest BCUT2D eigenvalue weighted by Gasteiger charge is -2.36. The van der Waals surface area contributed by atoms with Crippen molar-refractivity contribution in [3.8, 4) is 5.75 Å². The number of nitrogens with zero attached hydrogens (tertiary/aromatic N) is 1. The largest absolute Gasteiger partial charge is 0.497 e. The van der Waals surface area contributed by atoms with Crippen LogP contribution in [0.4, 0.5) is 0 Å². The molecule has 0 aromatic heterocycles. The van der Waals surface area contributed by atoms with E-state index in [0.717, 1.165) is 0 Å². The molecule has 3 rings (SSSR count). The van der Waals surface area contributed by atoms with Crippen molar-refractivity contribution in [2.45, 2.75) is 25.3 Å². The molecule has 1 atom stereocenters. The fraction of sp³-hybridized carbons (Fsp3) is 0.423. The average molecular weight is 468 g/mol. The topological polar surface area (TPSA) is 97.0 Å². The van der Waals surface area contributed by atoms with Gasteiger partial charge in [-0.05, 0) is 61.6 Å². The van der Waals surface area contributed by atoms with E-state index in [2.05, 4.69) is 10.6 Å². The number of methoxy groups -OCH3 is 2. The molecule has 34 heavy (non-hydrogen) atoms. The van der Waals surface area contributed by atoms with Gasteiger partial charge in [0.1, 0.15) is 11.8 Å². The Labute approximate surface area is 200 Å². The number of likely N-dealkylation sites (tertiary alicyclic amines) is 1. The standard InChI is InChI=1S/C26H33N3O5/c1-33-18-6-15-27-25(31)23(28-24(30)20-9-11-22(34-2)12-10-20)19-13-16-29(17-14-19)26(32)21-7-4-3-5-8-21/h3-5,7-12,19,23H,6,13-18H2,1-2H3,(H,27,31)(H,28,30)/t23-/m0/s1. The number of hydrogen-bond acceptors (Lipinski definition) is 5. The molecule has 0 bridgehead atoms. The van der Waals surface area contributed by atoms with Crippen molar-refractivity contribution in [2.24, 2.45) is 5.92 Å². The van der Waals surface area contributed by atoms with E-state index < -0.39 is 6.04 Å². The maximum Gasteiger partial charge on any atom is 0.253 e. The van der Waals surface area contributed by atoms with Crippen LogP contribution in [0.3, 0.4) is 0 Å². The van der Waals surface area contributed by atoms with E-state index in [0.29, 0.717) is 62.4 Å². The second-order valence-corrected chi connectivity index (χ2v) is 8.31. The summed E-state index contributed by atoms with van der Waals surface area (Å²) < 4.78 is 10.2. The molecular weight excluding hydrogens is 434 g/mol. The summed E-state index contributed by atoms with van der Waals surface area (Å²) in [6.45, 7) is 2.07. The van der Waals surface area contributed by atoms with Crippen LogP contribution in [0.1, 0.15) is 40.0 Å². The zero-order chi connectivity index (χ0) is 24.3. The predicted octanol–water partition coefficient (Wildman–Crippen LogP) is 2.50. The van der Waals surface area contributed by atoms with Gasteiger partial charge in [0.25, 0.3) is 11.8 Å². The molecule has 0 aliphatic carbocycles. The van der Waals surface area contributed by atoms with Gasteiger partial charge in [0, 0.05) is 44.5 Å². The van der Waals surface area contributed by atoms with Crippen LogP contribution >= 0.6 is 0 Å². The minimum atomic E-state index is -0.689. The highest BCUT2D eigenvalue weighted by Crippen LogP contribution is 2.23. The summed E-state index contributed by atoms with van der Waals surface area (Å²) in [6, 6.07) is 15.3. The Morgan fingerprint density at radius 1 is 0.971 bits per heavy atom. The van der Waals surface area contributed by atoms with Crippen molar-refractivity contribution >= 4 is 17.7 Å². The summed E-state index contributed by atoms with van der Waals surface area (Å²) in [5, 5.41) is 5.85. The molecule has 8 nitrogen and oxygen atoms in total. The molecule has 8 heteroatoms. The Hall–Kier alpha value is -3.39. The third-order valence-electron chi connectivity index (χ3n) is 6.06. The molecule has 1 heterocycles. The van der Waals surface area contributed by atoms with Crippen LogP contribution in [-0.2, 0) is 9.53 Å². The highest BCUT2D eigenvalue weighted by molar-refractivity contribution is 5.98. The zero-order valence-electron chi connectivity index (χ0n) is 19.8. The molecular formula is C26H33N3O5. The number of rotatable bonds is 10. The van der Waals surface area contributed by atoms with E-state index in [9.17, 15) is 14.4 Å². The van der Waals surface area contributed by atoms with Crippen molar-refractivity contribution in [2.75, 3.05) is 40.5 Å². The maximum atomic E-state index is 13.0. The minimum Gasteiger partial charge on any atom is -0.497 e. The van der Waals surface area contributed by atoms with Gasteiger partial charge in [0.05, 0.1) is 7.11 Å². The van der Waals surface area contributed by atoms with Crippen molar-refractivity contribution in [1.82, 2.24) is 15.5 Å². The molecule has 2 aromatic carbocycles. The lowest BCUT2D eigenvalue weighted by Crippen LogP contribution is -2.54. The van der Waals surface area contributed by atoms with Crippen molar-refractivity contribution < 1.29 is 23.9 Å². The first kappa shape index (κ1) is 25.2. The summed E-state index contributed by atoms with van der Waals surface area (Å²) in [5.74, 6) is 0.0269.